The summed E-state index contributed by atoms with van der Waals surface area (Å²) in [4.78, 5) is 0. The van der Waals surface area contributed by atoms with Gasteiger partial charge in [0.05, 0.1) is 0 Å². The Bertz CT molecular complexity index is 88.3. The third-order valence-electron chi connectivity index (χ3n) is 0.384. The van der Waals surface area contributed by atoms with Crippen LogP contribution in [0.5, 0.6) is 0 Å². The molecule has 10 heavy (non-hydrogen) atoms. The maximum absolute atomic E-state index is 4.54. The van der Waals surface area contributed by atoms with Crippen LogP contribution in [0.15, 0.2) is 12.5 Å². The van der Waals surface area contributed by atoms with Gasteiger partial charge in [-0.2, -0.15) is 0 Å². The average molecular weight is 144 g/mol. The van der Waals surface area contributed by atoms with Crippen LogP contribution in [0.1, 0.15) is 27.7 Å². The second-order valence-corrected chi connectivity index (χ2v) is 3.72. The highest BCUT2D eigenvalue weighted by atomic mass is 16.7. The van der Waals surface area contributed by atoms with Gasteiger partial charge in [-0.3, -0.25) is 0 Å². The largest absolute Gasteiger partial charge is 0.462 e. The Labute approximate surface area is 62.8 Å². The van der Waals surface area contributed by atoms with Crippen LogP contribution >= 0.6 is 0 Å². The number of rotatable bonds is 0. The lowest BCUT2D eigenvalue weighted by Gasteiger charge is -2.05. The Morgan fingerprint density at radius 2 is 1.30 bits per heavy atom. The summed E-state index contributed by atoms with van der Waals surface area (Å²) in [6.45, 7) is 9.14. The third-order valence-corrected chi connectivity index (χ3v) is 0.384. The van der Waals surface area contributed by atoms with E-state index in [4.69, 9.17) is 0 Å². The van der Waals surface area contributed by atoms with Crippen LogP contribution < -0.4 is 0 Å². The lowest BCUT2D eigenvalue weighted by molar-refractivity contribution is 0.0920. The zero-order valence-electron chi connectivity index (χ0n) is 7.18. The van der Waals surface area contributed by atoms with Crippen molar-refractivity contribution in [3.05, 3.63) is 12.5 Å². The van der Waals surface area contributed by atoms with Crippen LogP contribution in [0, 0.1) is 5.41 Å². The van der Waals surface area contributed by atoms with Gasteiger partial charge in [-0.1, -0.05) is 27.7 Å². The Morgan fingerprint density at radius 3 is 1.40 bits per heavy atom. The summed E-state index contributed by atoms with van der Waals surface area (Å²) >= 11 is 0. The predicted molar refractivity (Wildman–Crippen MR) is 41.3 cm³/mol. The molecule has 0 atom stereocenters. The fourth-order valence-corrected chi connectivity index (χ4v) is 0.196. The Balaban J connectivity index is 0.000000162. The van der Waals surface area contributed by atoms with Crippen molar-refractivity contribution in [1.29, 1.82) is 0 Å². The van der Waals surface area contributed by atoms with Crippen LogP contribution in [0.2, 0.25) is 0 Å². The molecule has 1 heterocycles. The minimum atomic E-state index is 0.389. The van der Waals surface area contributed by atoms with Gasteiger partial charge in [0.25, 0.3) is 0 Å². The molecule has 0 fully saturated rings. The molecule has 0 spiro atoms. The minimum Gasteiger partial charge on any atom is -0.462 e. The first-order valence-corrected chi connectivity index (χ1v) is 3.38. The third kappa shape index (κ3) is 15.7. The molecule has 2 heteroatoms. The van der Waals surface area contributed by atoms with Crippen molar-refractivity contribution in [2.75, 3.05) is 6.79 Å². The normalized spacial score (nSPS) is 14.8. The van der Waals surface area contributed by atoms with Crippen LogP contribution in [0.4, 0.5) is 0 Å². The first kappa shape index (κ1) is 9.34. The molecule has 60 valence electrons. The highest BCUT2D eigenvalue weighted by Gasteiger charge is 1.95. The SMILES string of the molecule is C1=COCO1.CC(C)(C)C. The molecule has 0 aliphatic carbocycles. The summed E-state index contributed by atoms with van der Waals surface area (Å²) in [5.41, 5.74) is 0.500. The van der Waals surface area contributed by atoms with Crippen LogP contribution in [-0.4, -0.2) is 6.79 Å². The lowest BCUT2D eigenvalue weighted by atomic mass is 10.0. The molecule has 1 aliphatic heterocycles. The van der Waals surface area contributed by atoms with Gasteiger partial charge in [0, 0.05) is 0 Å². The van der Waals surface area contributed by atoms with Gasteiger partial charge < -0.3 is 9.47 Å². The van der Waals surface area contributed by atoms with Crippen molar-refractivity contribution in [1.82, 2.24) is 0 Å². The molecule has 1 aliphatic rings. The van der Waals surface area contributed by atoms with Crippen LogP contribution in [0.3, 0.4) is 0 Å². The maximum Gasteiger partial charge on any atom is 0.229 e. The van der Waals surface area contributed by atoms with Gasteiger partial charge in [0.1, 0.15) is 12.5 Å². The van der Waals surface area contributed by atoms with E-state index in [-0.39, 0.29) is 0 Å². The van der Waals surface area contributed by atoms with Gasteiger partial charge >= 0.3 is 0 Å². The maximum atomic E-state index is 4.54. The zero-order chi connectivity index (χ0) is 8.04. The van der Waals surface area contributed by atoms with Gasteiger partial charge in [-0.15, -0.1) is 0 Å². The zero-order valence-corrected chi connectivity index (χ0v) is 7.18. The summed E-state index contributed by atoms with van der Waals surface area (Å²) in [5, 5.41) is 0. The molecule has 0 aromatic rings. The van der Waals surface area contributed by atoms with Gasteiger partial charge in [-0.05, 0) is 5.41 Å². The summed E-state index contributed by atoms with van der Waals surface area (Å²) in [5.74, 6) is 0. The van der Waals surface area contributed by atoms with Crippen molar-refractivity contribution >= 4 is 0 Å². The molecule has 0 saturated heterocycles. The summed E-state index contributed by atoms with van der Waals surface area (Å²) in [6.07, 6.45) is 3.03. The van der Waals surface area contributed by atoms with Crippen molar-refractivity contribution in [3.8, 4) is 0 Å². The average Bonchev–Trinajstić information content (AvgIpc) is 2.07. The summed E-state index contributed by atoms with van der Waals surface area (Å²) < 4.78 is 9.08. The van der Waals surface area contributed by atoms with E-state index in [1.54, 1.807) is 0 Å². The van der Waals surface area contributed by atoms with E-state index in [0.717, 1.165) is 0 Å². The molecule has 0 bridgehead atoms. The fraction of sp³-hybridized carbons (Fsp3) is 0.750. The quantitative estimate of drug-likeness (QED) is 0.520. The topological polar surface area (TPSA) is 18.5 Å². The van der Waals surface area contributed by atoms with Crippen molar-refractivity contribution < 1.29 is 9.47 Å². The van der Waals surface area contributed by atoms with Crippen molar-refractivity contribution in [2.24, 2.45) is 5.41 Å². The highest BCUT2D eigenvalue weighted by molar-refractivity contribution is 4.63. The van der Waals surface area contributed by atoms with E-state index < -0.39 is 0 Å². The Morgan fingerprint density at radius 1 is 1.00 bits per heavy atom. The number of ether oxygens (including phenoxy) is 2. The lowest BCUT2D eigenvalue weighted by Crippen LogP contribution is -1.93. The van der Waals surface area contributed by atoms with E-state index in [1.165, 1.54) is 12.5 Å². The van der Waals surface area contributed by atoms with Gasteiger partial charge in [0.2, 0.25) is 6.79 Å². The van der Waals surface area contributed by atoms with Crippen molar-refractivity contribution in [3.63, 3.8) is 0 Å². The molecule has 0 aromatic heterocycles. The number of hydrogen-bond acceptors (Lipinski definition) is 2. The second kappa shape index (κ2) is 4.20. The van der Waals surface area contributed by atoms with Crippen LogP contribution in [-0.2, 0) is 9.47 Å². The molecular weight excluding hydrogens is 128 g/mol. The minimum absolute atomic E-state index is 0.389. The van der Waals surface area contributed by atoms with Crippen molar-refractivity contribution in [2.45, 2.75) is 27.7 Å². The molecular formula is C8H16O2. The van der Waals surface area contributed by atoms with E-state index in [2.05, 4.69) is 37.2 Å². The van der Waals surface area contributed by atoms with Gasteiger partial charge in [-0.25, -0.2) is 0 Å². The first-order chi connectivity index (χ1) is 4.50. The smallest absolute Gasteiger partial charge is 0.229 e. The van der Waals surface area contributed by atoms with E-state index in [1.807, 2.05) is 0 Å². The molecule has 2 nitrogen and oxygen atoms in total. The molecule has 0 unspecified atom stereocenters. The monoisotopic (exact) mass is 144 g/mol. The molecule has 0 N–H and O–H groups in total. The first-order valence-electron chi connectivity index (χ1n) is 3.38. The predicted octanol–water partition coefficient (Wildman–Crippen LogP) is 2.51. The second-order valence-electron chi connectivity index (χ2n) is 3.72. The van der Waals surface area contributed by atoms with Gasteiger partial charge in [0.15, 0.2) is 0 Å². The summed E-state index contributed by atoms with van der Waals surface area (Å²) in [7, 11) is 0. The standard InChI is InChI=1S/C5H12.C3H4O2/c1-5(2,3)4;1-2-5-3-4-1/h1-4H3;1-2H,3H2. The van der Waals surface area contributed by atoms with E-state index in [9.17, 15) is 0 Å². The molecule has 0 aromatic carbocycles. The summed E-state index contributed by atoms with van der Waals surface area (Å²) in [6, 6.07) is 0. The molecule has 0 saturated carbocycles. The van der Waals surface area contributed by atoms with E-state index >= 15 is 0 Å². The molecule has 0 amide bonds. The number of hydrogen-bond donors (Lipinski definition) is 0. The molecule has 0 radical (unpaired) electrons. The highest BCUT2D eigenvalue weighted by Crippen LogP contribution is 2.08. The Hall–Kier alpha value is -0.660. The van der Waals surface area contributed by atoms with E-state index in [0.29, 0.717) is 12.2 Å². The van der Waals surface area contributed by atoms with Crippen LogP contribution in [0.25, 0.3) is 0 Å². The Kier molecular flexibility index (Phi) is 3.93. The molecule has 1 rings (SSSR count). The fourth-order valence-electron chi connectivity index (χ4n) is 0.196.